The minimum atomic E-state index is -2.44. The van der Waals surface area contributed by atoms with E-state index in [1.165, 1.54) is 0 Å². The first-order chi connectivity index (χ1) is 10.8. The molecule has 1 aliphatic rings. The summed E-state index contributed by atoms with van der Waals surface area (Å²) < 4.78 is 9.08. The van der Waals surface area contributed by atoms with Crippen molar-refractivity contribution in [1.29, 1.82) is 0 Å². The van der Waals surface area contributed by atoms with Crippen molar-refractivity contribution in [3.8, 4) is 5.75 Å². The fourth-order valence-electron chi connectivity index (χ4n) is 2.44. The van der Waals surface area contributed by atoms with Crippen molar-refractivity contribution < 1.29 is 29.9 Å². The van der Waals surface area contributed by atoms with Gasteiger partial charge in [0.2, 0.25) is 11.4 Å². The van der Waals surface area contributed by atoms with Gasteiger partial charge in [0, 0.05) is 17.1 Å². The second-order valence-electron chi connectivity index (χ2n) is 5.30. The molecule has 1 fully saturated rings. The second-order valence-corrected chi connectivity index (χ2v) is 7.16. The molecule has 5 N–H and O–H groups in total. The van der Waals surface area contributed by atoms with E-state index in [0.29, 0.717) is 5.75 Å². The third-order valence-electron chi connectivity index (χ3n) is 3.82. The monoisotopic (exact) mass is 407 g/mol. The highest BCUT2D eigenvalue weighted by molar-refractivity contribution is 9.10. The van der Waals surface area contributed by atoms with Gasteiger partial charge in [-0.25, -0.2) is 0 Å². The topological polar surface area (TPSA) is 115 Å². The summed E-state index contributed by atoms with van der Waals surface area (Å²) in [5, 5.41) is 38.0. The quantitative estimate of drug-likeness (QED) is 0.476. The Balaban J connectivity index is 1.91. The predicted molar refractivity (Wildman–Crippen MR) is 85.4 cm³/mol. The number of para-hydroxylation sites is 1. The van der Waals surface area contributed by atoms with E-state index in [2.05, 4.69) is 20.9 Å². The highest BCUT2D eigenvalue weighted by Gasteiger charge is 2.63. The number of halogens is 2. The van der Waals surface area contributed by atoms with Gasteiger partial charge in [-0.2, -0.15) is 0 Å². The molecule has 7 nitrogen and oxygen atoms in total. The van der Waals surface area contributed by atoms with Crippen molar-refractivity contribution in [2.24, 2.45) is 0 Å². The highest BCUT2D eigenvalue weighted by Crippen LogP contribution is 2.45. The average molecular weight is 409 g/mol. The molecule has 23 heavy (non-hydrogen) atoms. The lowest BCUT2D eigenvalue weighted by molar-refractivity contribution is -0.300. The van der Waals surface area contributed by atoms with E-state index < -0.39 is 34.7 Å². The number of ether oxygens (including phenoxy) is 2. The fraction of sp³-hybridized carbons (Fsp3) is 0.429. The van der Waals surface area contributed by atoms with Crippen LogP contribution in [-0.2, 0) is 4.74 Å². The van der Waals surface area contributed by atoms with Crippen LogP contribution in [0.2, 0.25) is 0 Å². The Labute approximate surface area is 144 Å². The standard InChI is InChI=1S/C14H15BrClNO6/c15-13(6-18)14(16,21)11(20)10(19)12(23-13)22-9-5-17-8-4-2-1-3-7(8)9/h1-5,10-12,17-21H,6H2/t10-,11-,12?,13-,14-/m1/s1. The van der Waals surface area contributed by atoms with E-state index in [1.54, 1.807) is 12.3 Å². The Kier molecular flexibility index (Phi) is 4.35. The number of alkyl halides is 2. The van der Waals surface area contributed by atoms with E-state index in [1.807, 2.05) is 18.2 Å². The molecule has 1 aromatic heterocycles. The van der Waals surface area contributed by atoms with Gasteiger partial charge in [-0.3, -0.25) is 0 Å². The lowest BCUT2D eigenvalue weighted by atomic mass is 9.98. The van der Waals surface area contributed by atoms with Crippen molar-refractivity contribution in [2.45, 2.75) is 28.1 Å². The number of aliphatic hydroxyl groups is 4. The van der Waals surface area contributed by atoms with Crippen LogP contribution in [0.15, 0.2) is 30.5 Å². The first kappa shape index (κ1) is 17.0. The molecule has 0 radical (unpaired) electrons. The zero-order chi connectivity index (χ0) is 16.8. The Bertz CT molecular complexity index is 709. The van der Waals surface area contributed by atoms with E-state index in [-0.39, 0.29) is 0 Å². The van der Waals surface area contributed by atoms with Gasteiger partial charge < -0.3 is 34.9 Å². The van der Waals surface area contributed by atoms with Gasteiger partial charge >= 0.3 is 0 Å². The van der Waals surface area contributed by atoms with Crippen molar-refractivity contribution in [1.82, 2.24) is 4.98 Å². The summed E-state index contributed by atoms with van der Waals surface area (Å²) in [5.74, 6) is 0.379. The SMILES string of the molecule is OC[C@@]1(Br)OC(Oc2c[nH]c3ccccc23)[C@H](O)[C@@H](O)[C@]1(O)Cl. The summed E-state index contributed by atoms with van der Waals surface area (Å²) in [7, 11) is 0. The van der Waals surface area contributed by atoms with Crippen LogP contribution < -0.4 is 4.74 Å². The number of hydrogen-bond donors (Lipinski definition) is 5. The van der Waals surface area contributed by atoms with Crippen LogP contribution in [0.1, 0.15) is 0 Å². The van der Waals surface area contributed by atoms with Gasteiger partial charge in [0.1, 0.15) is 18.0 Å². The first-order valence-corrected chi connectivity index (χ1v) is 7.95. The van der Waals surface area contributed by atoms with Crippen molar-refractivity contribution in [3.63, 3.8) is 0 Å². The molecule has 0 bridgehead atoms. The summed E-state index contributed by atoms with van der Waals surface area (Å²) >= 11 is 8.78. The largest absolute Gasteiger partial charge is 0.460 e. The van der Waals surface area contributed by atoms with Crippen LogP contribution in [0.4, 0.5) is 0 Å². The zero-order valence-corrected chi connectivity index (χ0v) is 14.0. The smallest absolute Gasteiger partial charge is 0.230 e. The Morgan fingerprint density at radius 3 is 2.74 bits per heavy atom. The predicted octanol–water partition coefficient (Wildman–Crippen LogP) is 0.636. The summed E-state index contributed by atoms with van der Waals surface area (Å²) in [5.41, 5.74) is 0.814. The van der Waals surface area contributed by atoms with E-state index >= 15 is 0 Å². The van der Waals surface area contributed by atoms with E-state index in [9.17, 15) is 20.4 Å². The number of rotatable bonds is 3. The molecule has 0 aliphatic carbocycles. The summed E-state index contributed by atoms with van der Waals surface area (Å²) in [6, 6.07) is 7.31. The first-order valence-electron chi connectivity index (χ1n) is 6.78. The molecule has 1 unspecified atom stereocenters. The second kappa shape index (κ2) is 5.89. The summed E-state index contributed by atoms with van der Waals surface area (Å²) in [6.45, 7) is -0.759. The number of nitrogens with one attached hydrogen (secondary N) is 1. The molecule has 0 amide bonds. The van der Waals surface area contributed by atoms with Crippen molar-refractivity contribution >= 4 is 38.4 Å². The van der Waals surface area contributed by atoms with Crippen LogP contribution in [0, 0.1) is 0 Å². The number of H-pyrrole nitrogens is 1. The molecule has 2 aromatic rings. The van der Waals surface area contributed by atoms with Gasteiger partial charge in [-0.15, -0.1) is 0 Å². The molecule has 3 rings (SSSR count). The Morgan fingerprint density at radius 2 is 2.04 bits per heavy atom. The third-order valence-corrected chi connectivity index (χ3v) is 5.62. The van der Waals surface area contributed by atoms with Gasteiger partial charge in [0.25, 0.3) is 0 Å². The van der Waals surface area contributed by atoms with Crippen molar-refractivity contribution in [2.75, 3.05) is 6.61 Å². The zero-order valence-electron chi connectivity index (χ0n) is 11.7. The van der Waals surface area contributed by atoms with Crippen LogP contribution in [-0.4, -0.2) is 60.1 Å². The Morgan fingerprint density at radius 1 is 1.35 bits per heavy atom. The van der Waals surface area contributed by atoms with E-state index in [4.69, 9.17) is 21.1 Å². The molecule has 0 saturated carbocycles. The van der Waals surface area contributed by atoms with Crippen LogP contribution >= 0.6 is 27.5 Å². The van der Waals surface area contributed by atoms with Crippen LogP contribution in [0.5, 0.6) is 5.75 Å². The van der Waals surface area contributed by atoms with Gasteiger partial charge in [-0.05, 0) is 28.1 Å². The Hall–Kier alpha value is -0.870. The lowest BCUT2D eigenvalue weighted by Crippen LogP contribution is -2.69. The summed E-state index contributed by atoms with van der Waals surface area (Å²) in [6.07, 6.45) is -3.25. The van der Waals surface area contributed by atoms with Crippen LogP contribution in [0.25, 0.3) is 10.9 Å². The number of benzene rings is 1. The third kappa shape index (κ3) is 2.64. The average Bonchev–Trinajstić information content (AvgIpc) is 2.94. The molecular weight excluding hydrogens is 394 g/mol. The maximum absolute atomic E-state index is 10.1. The molecule has 5 atom stereocenters. The normalized spacial score (nSPS) is 37.9. The van der Waals surface area contributed by atoms with Gasteiger partial charge in [-0.1, -0.05) is 23.7 Å². The maximum Gasteiger partial charge on any atom is 0.230 e. The van der Waals surface area contributed by atoms with Crippen LogP contribution in [0.3, 0.4) is 0 Å². The molecule has 0 spiro atoms. The molecule has 2 heterocycles. The highest BCUT2D eigenvalue weighted by atomic mass is 79.9. The molecular formula is C14H15BrClNO6. The van der Waals surface area contributed by atoms with E-state index in [0.717, 1.165) is 10.9 Å². The molecule has 1 aromatic carbocycles. The number of fused-ring (bicyclic) bond motifs is 1. The lowest BCUT2D eigenvalue weighted by Gasteiger charge is -2.48. The van der Waals surface area contributed by atoms with Crippen molar-refractivity contribution in [3.05, 3.63) is 30.5 Å². The van der Waals surface area contributed by atoms with Gasteiger partial charge in [0.05, 0.1) is 6.61 Å². The number of hydrogen-bond acceptors (Lipinski definition) is 6. The number of aliphatic hydroxyl groups excluding tert-OH is 3. The molecule has 9 heteroatoms. The fourth-order valence-corrected chi connectivity index (χ4v) is 3.09. The summed E-state index contributed by atoms with van der Waals surface area (Å²) in [4.78, 5) is 2.99. The molecule has 1 aliphatic heterocycles. The van der Waals surface area contributed by atoms with Gasteiger partial charge in [0.15, 0.2) is 4.51 Å². The number of aromatic amines is 1. The molecule has 126 valence electrons. The maximum atomic E-state index is 10.1. The molecule has 1 saturated heterocycles. The minimum absolute atomic E-state index is 0.379. The minimum Gasteiger partial charge on any atom is -0.460 e. The number of aromatic nitrogens is 1.